The summed E-state index contributed by atoms with van der Waals surface area (Å²) in [6, 6.07) is 6.50. The van der Waals surface area contributed by atoms with Gasteiger partial charge in [-0.1, -0.05) is 17.7 Å². The van der Waals surface area contributed by atoms with Gasteiger partial charge in [0.2, 0.25) is 0 Å². The van der Waals surface area contributed by atoms with Gasteiger partial charge in [0, 0.05) is 11.3 Å². The van der Waals surface area contributed by atoms with Crippen LogP contribution in [0.1, 0.15) is 36.5 Å². The number of benzene rings is 1. The van der Waals surface area contributed by atoms with E-state index in [4.69, 9.17) is 4.98 Å². The summed E-state index contributed by atoms with van der Waals surface area (Å²) in [6.45, 7) is 10.6. The molecular weight excluding hydrogens is 234 g/mol. The molecular formula is C16H23N3. The van der Waals surface area contributed by atoms with Crippen molar-refractivity contribution in [3.8, 4) is 11.3 Å². The predicted molar refractivity (Wildman–Crippen MR) is 80.3 cm³/mol. The van der Waals surface area contributed by atoms with Crippen LogP contribution in [-0.4, -0.2) is 17.0 Å². The molecule has 19 heavy (non-hydrogen) atoms. The third-order valence-electron chi connectivity index (χ3n) is 3.75. The normalized spacial score (nSPS) is 11.9. The molecule has 1 aromatic carbocycles. The molecule has 102 valence electrons. The largest absolute Gasteiger partial charge is 0.344 e. The zero-order valence-corrected chi connectivity index (χ0v) is 12.7. The Kier molecular flexibility index (Phi) is 3.50. The van der Waals surface area contributed by atoms with Gasteiger partial charge in [-0.05, 0) is 53.3 Å². The standard InChI is InChI=1S/C16H23N3/c1-10-7-8-11(2)13(9-10)14-12(3)18-15(19-14)16(4,5)17-6/h7-9,17H,1-6H3,(H,18,19). The van der Waals surface area contributed by atoms with Gasteiger partial charge in [0.1, 0.15) is 5.82 Å². The Labute approximate surface area is 115 Å². The fraction of sp³-hybridized carbons (Fsp3) is 0.438. The van der Waals surface area contributed by atoms with E-state index in [9.17, 15) is 0 Å². The van der Waals surface area contributed by atoms with Crippen LogP contribution in [-0.2, 0) is 5.54 Å². The molecule has 1 aromatic heterocycles. The van der Waals surface area contributed by atoms with Gasteiger partial charge in [0.05, 0.1) is 11.2 Å². The first-order chi connectivity index (χ1) is 8.85. The highest BCUT2D eigenvalue weighted by molar-refractivity contribution is 5.66. The first kappa shape index (κ1) is 13.8. The maximum Gasteiger partial charge on any atom is 0.126 e. The van der Waals surface area contributed by atoms with E-state index in [1.807, 2.05) is 7.05 Å². The van der Waals surface area contributed by atoms with E-state index >= 15 is 0 Å². The minimum Gasteiger partial charge on any atom is -0.344 e. The molecule has 0 aliphatic rings. The van der Waals surface area contributed by atoms with E-state index in [1.54, 1.807) is 0 Å². The Balaban J connectivity index is 2.55. The monoisotopic (exact) mass is 257 g/mol. The number of H-pyrrole nitrogens is 1. The third kappa shape index (κ3) is 2.56. The molecule has 2 N–H and O–H groups in total. The van der Waals surface area contributed by atoms with Crippen molar-refractivity contribution in [3.63, 3.8) is 0 Å². The first-order valence-corrected chi connectivity index (χ1v) is 6.69. The number of nitrogens with one attached hydrogen (secondary N) is 2. The Morgan fingerprint density at radius 3 is 2.47 bits per heavy atom. The summed E-state index contributed by atoms with van der Waals surface area (Å²) in [7, 11) is 1.95. The fourth-order valence-corrected chi connectivity index (χ4v) is 2.13. The molecule has 0 amide bonds. The molecule has 0 fully saturated rings. The lowest BCUT2D eigenvalue weighted by atomic mass is 10.0. The molecule has 2 rings (SSSR count). The molecule has 0 spiro atoms. The van der Waals surface area contributed by atoms with Crippen LogP contribution < -0.4 is 5.32 Å². The van der Waals surface area contributed by atoms with Gasteiger partial charge in [0.25, 0.3) is 0 Å². The topological polar surface area (TPSA) is 40.7 Å². The number of aromatic amines is 1. The van der Waals surface area contributed by atoms with Crippen LogP contribution >= 0.6 is 0 Å². The van der Waals surface area contributed by atoms with Crippen molar-refractivity contribution >= 4 is 0 Å². The summed E-state index contributed by atoms with van der Waals surface area (Å²) < 4.78 is 0. The molecule has 3 nitrogen and oxygen atoms in total. The van der Waals surface area contributed by atoms with E-state index in [0.29, 0.717) is 0 Å². The van der Waals surface area contributed by atoms with Crippen LogP contribution in [0.15, 0.2) is 18.2 Å². The van der Waals surface area contributed by atoms with Gasteiger partial charge in [-0.15, -0.1) is 0 Å². The fourth-order valence-electron chi connectivity index (χ4n) is 2.13. The molecule has 0 radical (unpaired) electrons. The Morgan fingerprint density at radius 2 is 1.84 bits per heavy atom. The lowest BCUT2D eigenvalue weighted by Crippen LogP contribution is -2.34. The highest BCUT2D eigenvalue weighted by atomic mass is 15.0. The van der Waals surface area contributed by atoms with E-state index in [-0.39, 0.29) is 5.54 Å². The van der Waals surface area contributed by atoms with E-state index in [2.05, 4.69) is 63.1 Å². The van der Waals surface area contributed by atoms with Gasteiger partial charge in [-0.3, -0.25) is 0 Å². The molecule has 2 aromatic rings. The van der Waals surface area contributed by atoms with Crippen molar-refractivity contribution in [1.29, 1.82) is 0 Å². The minimum absolute atomic E-state index is 0.152. The number of hydrogen-bond acceptors (Lipinski definition) is 2. The molecule has 3 heteroatoms. The van der Waals surface area contributed by atoms with Crippen LogP contribution in [0.3, 0.4) is 0 Å². The highest BCUT2D eigenvalue weighted by Crippen LogP contribution is 2.28. The van der Waals surface area contributed by atoms with Crippen molar-refractivity contribution in [1.82, 2.24) is 15.3 Å². The molecule has 0 unspecified atom stereocenters. The second-order valence-corrected chi connectivity index (χ2v) is 5.75. The zero-order chi connectivity index (χ0) is 14.2. The number of rotatable bonds is 3. The maximum absolute atomic E-state index is 4.81. The summed E-state index contributed by atoms with van der Waals surface area (Å²) in [5, 5.41) is 3.28. The van der Waals surface area contributed by atoms with Gasteiger partial charge in [-0.25, -0.2) is 4.98 Å². The predicted octanol–water partition coefficient (Wildman–Crippen LogP) is 3.46. The number of nitrogens with zero attached hydrogens (tertiary/aromatic N) is 1. The molecule has 0 aliphatic carbocycles. The lowest BCUT2D eigenvalue weighted by molar-refractivity contribution is 0.420. The quantitative estimate of drug-likeness (QED) is 0.884. The smallest absolute Gasteiger partial charge is 0.126 e. The van der Waals surface area contributed by atoms with Crippen LogP contribution in [0.4, 0.5) is 0 Å². The van der Waals surface area contributed by atoms with Crippen molar-refractivity contribution in [2.75, 3.05) is 7.05 Å². The van der Waals surface area contributed by atoms with Gasteiger partial charge < -0.3 is 10.3 Å². The number of hydrogen-bond donors (Lipinski definition) is 2. The molecule has 0 bridgehead atoms. The van der Waals surface area contributed by atoms with Crippen molar-refractivity contribution in [2.45, 2.75) is 40.2 Å². The molecule has 0 aliphatic heterocycles. The number of aromatic nitrogens is 2. The summed E-state index contributed by atoms with van der Waals surface area (Å²) in [4.78, 5) is 8.21. The van der Waals surface area contributed by atoms with Crippen LogP contribution in [0, 0.1) is 20.8 Å². The van der Waals surface area contributed by atoms with Gasteiger partial charge >= 0.3 is 0 Å². The molecule has 0 saturated heterocycles. The highest BCUT2D eigenvalue weighted by Gasteiger charge is 2.23. The average molecular weight is 257 g/mol. The summed E-state index contributed by atoms with van der Waals surface area (Å²) >= 11 is 0. The SMILES string of the molecule is CNC(C)(C)c1nc(-c2cc(C)ccc2C)c(C)[nH]1. The first-order valence-electron chi connectivity index (χ1n) is 6.69. The van der Waals surface area contributed by atoms with Crippen LogP contribution in [0.2, 0.25) is 0 Å². The van der Waals surface area contributed by atoms with Crippen molar-refractivity contribution < 1.29 is 0 Å². The number of imidazole rings is 1. The molecule has 1 heterocycles. The van der Waals surface area contributed by atoms with Gasteiger partial charge in [-0.2, -0.15) is 0 Å². The van der Waals surface area contributed by atoms with Crippen LogP contribution in [0.5, 0.6) is 0 Å². The zero-order valence-electron chi connectivity index (χ0n) is 12.7. The Morgan fingerprint density at radius 1 is 1.16 bits per heavy atom. The van der Waals surface area contributed by atoms with E-state index in [0.717, 1.165) is 17.2 Å². The summed E-state index contributed by atoms with van der Waals surface area (Å²) in [5.41, 5.74) is 5.76. The van der Waals surface area contributed by atoms with Crippen LogP contribution in [0.25, 0.3) is 11.3 Å². The Bertz CT molecular complexity index is 594. The molecule has 0 saturated carbocycles. The van der Waals surface area contributed by atoms with E-state index < -0.39 is 0 Å². The summed E-state index contributed by atoms with van der Waals surface area (Å²) in [5.74, 6) is 0.975. The lowest BCUT2D eigenvalue weighted by Gasteiger charge is -2.20. The number of aryl methyl sites for hydroxylation is 3. The van der Waals surface area contributed by atoms with Gasteiger partial charge in [0.15, 0.2) is 0 Å². The van der Waals surface area contributed by atoms with Crippen molar-refractivity contribution in [2.24, 2.45) is 0 Å². The second kappa shape index (κ2) is 4.82. The Hall–Kier alpha value is -1.61. The minimum atomic E-state index is -0.152. The van der Waals surface area contributed by atoms with E-state index in [1.165, 1.54) is 16.7 Å². The maximum atomic E-state index is 4.81. The molecule has 0 atom stereocenters. The van der Waals surface area contributed by atoms with Crippen molar-refractivity contribution in [3.05, 3.63) is 40.8 Å². The third-order valence-corrected chi connectivity index (χ3v) is 3.75. The average Bonchev–Trinajstić information content (AvgIpc) is 2.75. The summed E-state index contributed by atoms with van der Waals surface area (Å²) in [6.07, 6.45) is 0. The second-order valence-electron chi connectivity index (χ2n) is 5.75.